The van der Waals surface area contributed by atoms with Gasteiger partial charge in [-0.2, -0.15) is 0 Å². The summed E-state index contributed by atoms with van der Waals surface area (Å²) in [5.41, 5.74) is 2.39. The van der Waals surface area contributed by atoms with Crippen molar-refractivity contribution < 1.29 is 22.4 Å². The second-order valence-corrected chi connectivity index (χ2v) is 11.5. The number of amides is 1. The summed E-state index contributed by atoms with van der Waals surface area (Å²) in [6.07, 6.45) is 4.82. The Morgan fingerprint density at radius 2 is 2.09 bits per heavy atom. The minimum atomic E-state index is -3.70. The lowest BCUT2D eigenvalue weighted by Crippen LogP contribution is -2.37. The number of ether oxygens (including phenoxy) is 1. The van der Waals surface area contributed by atoms with Crippen molar-refractivity contribution in [1.82, 2.24) is 14.5 Å². The molecule has 3 aromatic rings. The first-order chi connectivity index (χ1) is 16.7. The molecule has 1 aliphatic heterocycles. The van der Waals surface area contributed by atoms with Gasteiger partial charge in [0.25, 0.3) is 5.91 Å². The van der Waals surface area contributed by atoms with Gasteiger partial charge < -0.3 is 18.6 Å². The molecule has 4 rings (SSSR count). The number of hydrogen-bond donors (Lipinski definition) is 0. The number of furan rings is 1. The molecule has 1 fully saturated rings. The molecule has 1 unspecified atom stereocenters. The molecule has 0 aliphatic carbocycles. The molecule has 0 saturated carbocycles. The zero-order valence-corrected chi connectivity index (χ0v) is 21.3. The van der Waals surface area contributed by atoms with Gasteiger partial charge in [-0.15, -0.1) is 0 Å². The number of carbonyl (C=O) groups is 1. The molecule has 1 aromatic carbocycles. The number of benzene rings is 1. The van der Waals surface area contributed by atoms with E-state index in [0.29, 0.717) is 25.4 Å². The third kappa shape index (κ3) is 6.21. The summed E-state index contributed by atoms with van der Waals surface area (Å²) in [5, 5.41) is 0.0326. The quantitative estimate of drug-likeness (QED) is 0.414. The molecule has 188 valence electrons. The minimum absolute atomic E-state index is 0.0326. The second kappa shape index (κ2) is 10.8. The van der Waals surface area contributed by atoms with Crippen LogP contribution in [0.3, 0.4) is 0 Å². The lowest BCUT2D eigenvalue weighted by Gasteiger charge is -2.25. The van der Waals surface area contributed by atoms with E-state index in [4.69, 9.17) is 9.15 Å². The number of hydrogen-bond acceptors (Lipinski definition) is 6. The highest BCUT2D eigenvalue weighted by molar-refractivity contribution is 7.90. The molecule has 8 nitrogen and oxygen atoms in total. The molecule has 3 heterocycles. The van der Waals surface area contributed by atoms with Gasteiger partial charge >= 0.3 is 0 Å². The molecule has 1 atom stereocenters. The van der Waals surface area contributed by atoms with Crippen molar-refractivity contribution >= 4 is 15.7 Å². The van der Waals surface area contributed by atoms with Crippen LogP contribution in [0.25, 0.3) is 0 Å². The molecular weight excluding hydrogens is 466 g/mol. The first kappa shape index (κ1) is 25.2. The van der Waals surface area contributed by atoms with Crippen LogP contribution < -0.4 is 0 Å². The third-order valence-electron chi connectivity index (χ3n) is 5.99. The van der Waals surface area contributed by atoms with E-state index in [0.717, 1.165) is 24.0 Å². The zero-order chi connectivity index (χ0) is 25.0. The molecule has 9 heteroatoms. The van der Waals surface area contributed by atoms with Crippen LogP contribution in [0.15, 0.2) is 58.4 Å². The summed E-state index contributed by atoms with van der Waals surface area (Å²) in [7, 11) is -3.70. The molecule has 0 radical (unpaired) electrons. The standard InChI is InChI=1S/C26H33N3O5S/c1-19(2)15-29-22(14-27-26(29)35(31,32)18-21-8-4-7-20(3)13-21)16-28(17-23-9-5-11-33-23)25(30)24-10-6-12-34-24/h4,6-8,10,12-14,19,23H,5,9,11,15-18H2,1-3H3. The summed E-state index contributed by atoms with van der Waals surface area (Å²) in [5.74, 6) is 0.0363. The minimum Gasteiger partial charge on any atom is -0.459 e. The fourth-order valence-corrected chi connectivity index (χ4v) is 5.91. The van der Waals surface area contributed by atoms with Crippen LogP contribution >= 0.6 is 0 Å². The van der Waals surface area contributed by atoms with Crippen LogP contribution in [-0.4, -0.2) is 48.0 Å². The van der Waals surface area contributed by atoms with Gasteiger partial charge in [-0.3, -0.25) is 4.79 Å². The van der Waals surface area contributed by atoms with E-state index >= 15 is 0 Å². The van der Waals surface area contributed by atoms with Gasteiger partial charge in [-0.05, 0) is 43.4 Å². The number of carbonyl (C=O) groups excluding carboxylic acids is 1. The van der Waals surface area contributed by atoms with Gasteiger partial charge in [0.15, 0.2) is 5.76 Å². The van der Waals surface area contributed by atoms with E-state index in [1.165, 1.54) is 6.26 Å². The van der Waals surface area contributed by atoms with Crippen molar-refractivity contribution in [2.24, 2.45) is 5.92 Å². The van der Waals surface area contributed by atoms with Crippen LogP contribution in [0.2, 0.25) is 0 Å². The van der Waals surface area contributed by atoms with E-state index in [1.807, 2.05) is 45.0 Å². The predicted molar refractivity (Wildman–Crippen MR) is 132 cm³/mol. The molecule has 1 amide bonds. The Bertz CT molecular complexity index is 1240. The number of aromatic nitrogens is 2. The van der Waals surface area contributed by atoms with Crippen molar-refractivity contribution in [3.63, 3.8) is 0 Å². The topological polar surface area (TPSA) is 94.6 Å². The Morgan fingerprint density at radius 1 is 1.26 bits per heavy atom. The van der Waals surface area contributed by atoms with Crippen LogP contribution in [0.5, 0.6) is 0 Å². The van der Waals surface area contributed by atoms with E-state index in [1.54, 1.807) is 27.8 Å². The third-order valence-corrected chi connectivity index (χ3v) is 7.58. The van der Waals surface area contributed by atoms with Gasteiger partial charge in [0.05, 0.1) is 36.6 Å². The largest absolute Gasteiger partial charge is 0.459 e. The van der Waals surface area contributed by atoms with Crippen molar-refractivity contribution in [2.75, 3.05) is 13.2 Å². The molecule has 35 heavy (non-hydrogen) atoms. The first-order valence-electron chi connectivity index (χ1n) is 12.0. The van der Waals surface area contributed by atoms with Crippen LogP contribution in [0.1, 0.15) is 54.1 Å². The Hall–Kier alpha value is -2.91. The summed E-state index contributed by atoms with van der Waals surface area (Å²) < 4.78 is 39.7. The van der Waals surface area contributed by atoms with Crippen molar-refractivity contribution in [1.29, 1.82) is 0 Å². The maximum atomic E-state index is 13.4. The monoisotopic (exact) mass is 499 g/mol. The number of nitrogens with zero attached hydrogens (tertiary/aromatic N) is 3. The lowest BCUT2D eigenvalue weighted by atomic mass is 10.2. The maximum Gasteiger partial charge on any atom is 0.289 e. The number of aryl methyl sites for hydroxylation is 1. The average molecular weight is 500 g/mol. The highest BCUT2D eigenvalue weighted by atomic mass is 32.2. The van der Waals surface area contributed by atoms with Crippen LogP contribution in [-0.2, 0) is 33.4 Å². The molecular formula is C26H33N3O5S. The highest BCUT2D eigenvalue weighted by Crippen LogP contribution is 2.23. The van der Waals surface area contributed by atoms with Gasteiger partial charge in [-0.1, -0.05) is 43.7 Å². The van der Waals surface area contributed by atoms with E-state index < -0.39 is 9.84 Å². The Labute approximate surface area is 206 Å². The summed E-state index contributed by atoms with van der Waals surface area (Å²) in [6, 6.07) is 10.8. The fraction of sp³-hybridized carbons (Fsp3) is 0.462. The SMILES string of the molecule is Cc1cccc(CS(=O)(=O)c2ncc(CN(CC3CCCO3)C(=O)c3ccco3)n2CC(C)C)c1. The average Bonchev–Trinajstić information content (AvgIpc) is 3.55. The summed E-state index contributed by atoms with van der Waals surface area (Å²) in [6.45, 7) is 7.75. The number of rotatable bonds is 10. The fourth-order valence-electron chi connectivity index (χ4n) is 4.42. The van der Waals surface area contributed by atoms with Gasteiger partial charge in [-0.25, -0.2) is 13.4 Å². The van der Waals surface area contributed by atoms with Gasteiger partial charge in [0.1, 0.15) is 0 Å². The summed E-state index contributed by atoms with van der Waals surface area (Å²) in [4.78, 5) is 19.3. The highest BCUT2D eigenvalue weighted by Gasteiger charge is 2.29. The van der Waals surface area contributed by atoms with Crippen molar-refractivity contribution in [3.05, 3.63) is 71.4 Å². The van der Waals surface area contributed by atoms with Crippen LogP contribution in [0.4, 0.5) is 0 Å². The number of sulfone groups is 1. The normalized spacial score (nSPS) is 16.2. The first-order valence-corrected chi connectivity index (χ1v) is 13.6. The van der Waals surface area contributed by atoms with Gasteiger partial charge in [0.2, 0.25) is 15.0 Å². The Morgan fingerprint density at radius 3 is 2.74 bits per heavy atom. The van der Waals surface area contributed by atoms with E-state index in [9.17, 15) is 13.2 Å². The van der Waals surface area contributed by atoms with E-state index in [-0.39, 0.29) is 41.1 Å². The second-order valence-electron chi connectivity index (χ2n) is 9.58. The lowest BCUT2D eigenvalue weighted by molar-refractivity contribution is 0.0477. The zero-order valence-electron chi connectivity index (χ0n) is 20.5. The van der Waals surface area contributed by atoms with Gasteiger partial charge in [0, 0.05) is 19.7 Å². The molecule has 0 N–H and O–H groups in total. The predicted octanol–water partition coefficient (Wildman–Crippen LogP) is 4.24. The number of imidazole rings is 1. The molecule has 1 aliphatic rings. The Kier molecular flexibility index (Phi) is 7.76. The molecule has 2 aromatic heterocycles. The molecule has 0 bridgehead atoms. The molecule has 1 saturated heterocycles. The van der Waals surface area contributed by atoms with Crippen molar-refractivity contribution in [3.8, 4) is 0 Å². The summed E-state index contributed by atoms with van der Waals surface area (Å²) >= 11 is 0. The smallest absolute Gasteiger partial charge is 0.289 e. The Balaban J connectivity index is 1.65. The van der Waals surface area contributed by atoms with E-state index in [2.05, 4.69) is 4.98 Å². The van der Waals surface area contributed by atoms with Crippen molar-refractivity contribution in [2.45, 2.75) is 63.7 Å². The van der Waals surface area contributed by atoms with Crippen LogP contribution in [0, 0.1) is 12.8 Å². The molecule has 0 spiro atoms. The maximum absolute atomic E-state index is 13.4.